The number of rotatable bonds is 3. The Morgan fingerprint density at radius 3 is 2.24 bits per heavy atom. The van der Waals surface area contributed by atoms with Crippen molar-refractivity contribution in [3.8, 4) is 0 Å². The molecule has 2 aromatic carbocycles. The molecule has 1 atom stereocenters. The summed E-state index contributed by atoms with van der Waals surface area (Å²) in [5.74, 6) is 1.94. The second-order valence-electron chi connectivity index (χ2n) is 5.61. The van der Waals surface area contributed by atoms with Crippen molar-refractivity contribution in [1.29, 1.82) is 0 Å². The summed E-state index contributed by atoms with van der Waals surface area (Å²) >= 11 is 0. The topological polar surface area (TPSA) is 25.2 Å². The van der Waals surface area contributed by atoms with Gasteiger partial charge in [-0.2, -0.15) is 0 Å². The fourth-order valence-electron chi connectivity index (χ4n) is 3.14. The van der Waals surface area contributed by atoms with Crippen molar-refractivity contribution in [2.24, 2.45) is 0 Å². The van der Waals surface area contributed by atoms with Gasteiger partial charge in [0.05, 0.1) is 6.04 Å². The van der Waals surface area contributed by atoms with Gasteiger partial charge in [0.1, 0.15) is 11.5 Å². The minimum Gasteiger partial charge on any atom is -0.466 e. The Labute approximate surface area is 125 Å². The summed E-state index contributed by atoms with van der Waals surface area (Å²) in [6.45, 7) is 6.19. The zero-order valence-electron chi connectivity index (χ0n) is 13.0. The van der Waals surface area contributed by atoms with Crippen molar-refractivity contribution < 1.29 is 4.42 Å². The summed E-state index contributed by atoms with van der Waals surface area (Å²) in [6.07, 6.45) is 0. The largest absolute Gasteiger partial charge is 0.466 e. The van der Waals surface area contributed by atoms with Crippen molar-refractivity contribution in [1.82, 2.24) is 5.32 Å². The van der Waals surface area contributed by atoms with Crippen molar-refractivity contribution in [2.75, 3.05) is 7.05 Å². The Morgan fingerprint density at radius 1 is 0.905 bits per heavy atom. The molecule has 0 saturated heterocycles. The summed E-state index contributed by atoms with van der Waals surface area (Å²) < 4.78 is 5.71. The summed E-state index contributed by atoms with van der Waals surface area (Å²) in [5, 5.41) is 6.05. The molecule has 0 amide bonds. The normalized spacial score (nSPS) is 12.8. The van der Waals surface area contributed by atoms with Gasteiger partial charge in [0.2, 0.25) is 0 Å². The third-order valence-corrected chi connectivity index (χ3v) is 4.17. The lowest BCUT2D eigenvalue weighted by Gasteiger charge is -2.19. The summed E-state index contributed by atoms with van der Waals surface area (Å²) in [5.41, 5.74) is 3.82. The first kappa shape index (κ1) is 13.9. The van der Waals surface area contributed by atoms with Crippen molar-refractivity contribution in [3.63, 3.8) is 0 Å². The van der Waals surface area contributed by atoms with Crippen LogP contribution in [0.25, 0.3) is 10.8 Å². The number of furan rings is 1. The highest BCUT2D eigenvalue weighted by molar-refractivity contribution is 5.89. The molecule has 0 aliphatic heterocycles. The Hall–Kier alpha value is -2.06. The van der Waals surface area contributed by atoms with Crippen LogP contribution in [0.5, 0.6) is 0 Å². The van der Waals surface area contributed by atoms with Gasteiger partial charge in [0.15, 0.2) is 0 Å². The Kier molecular flexibility index (Phi) is 3.56. The molecule has 0 aliphatic rings. The first-order valence-electron chi connectivity index (χ1n) is 7.34. The van der Waals surface area contributed by atoms with Gasteiger partial charge in [0, 0.05) is 5.56 Å². The molecule has 0 radical (unpaired) electrons. The van der Waals surface area contributed by atoms with Crippen LogP contribution >= 0.6 is 0 Å². The van der Waals surface area contributed by atoms with Crippen LogP contribution in [0.1, 0.15) is 34.3 Å². The van der Waals surface area contributed by atoms with E-state index in [2.05, 4.69) is 54.7 Å². The van der Waals surface area contributed by atoms with E-state index in [1.165, 1.54) is 27.5 Å². The lowest BCUT2D eigenvalue weighted by atomic mass is 9.92. The molecule has 1 N–H and O–H groups in total. The zero-order chi connectivity index (χ0) is 15.0. The van der Waals surface area contributed by atoms with Crippen LogP contribution in [-0.2, 0) is 0 Å². The zero-order valence-corrected chi connectivity index (χ0v) is 13.0. The van der Waals surface area contributed by atoms with Gasteiger partial charge in [-0.25, -0.2) is 0 Å². The molecule has 108 valence electrons. The van der Waals surface area contributed by atoms with Crippen molar-refractivity contribution in [2.45, 2.75) is 26.8 Å². The van der Waals surface area contributed by atoms with Crippen LogP contribution in [0, 0.1) is 20.8 Å². The van der Waals surface area contributed by atoms with E-state index in [-0.39, 0.29) is 6.04 Å². The molecule has 0 bridgehead atoms. The smallest absolute Gasteiger partial charge is 0.106 e. The number of benzene rings is 2. The highest BCUT2D eigenvalue weighted by Crippen LogP contribution is 2.33. The SMILES string of the molecule is CNC(c1cc(C)oc1C)c1ccc(C)c2ccccc12. The van der Waals surface area contributed by atoms with Crippen LogP contribution in [-0.4, -0.2) is 7.05 Å². The predicted octanol–water partition coefficient (Wildman–Crippen LogP) is 4.67. The summed E-state index contributed by atoms with van der Waals surface area (Å²) in [6, 6.07) is 15.3. The average molecular weight is 279 g/mol. The second kappa shape index (κ2) is 5.38. The lowest BCUT2D eigenvalue weighted by molar-refractivity contribution is 0.497. The van der Waals surface area contributed by atoms with Gasteiger partial charge in [0.25, 0.3) is 0 Å². The highest BCUT2D eigenvalue weighted by Gasteiger charge is 2.19. The molecule has 0 spiro atoms. The maximum atomic E-state index is 5.71. The molecule has 0 fully saturated rings. The quantitative estimate of drug-likeness (QED) is 0.754. The molecule has 21 heavy (non-hydrogen) atoms. The van der Waals surface area contributed by atoms with E-state index < -0.39 is 0 Å². The van der Waals surface area contributed by atoms with E-state index in [4.69, 9.17) is 4.42 Å². The average Bonchev–Trinajstić information content (AvgIpc) is 2.81. The molecule has 0 aliphatic carbocycles. The lowest BCUT2D eigenvalue weighted by Crippen LogP contribution is -2.18. The van der Waals surface area contributed by atoms with Crippen LogP contribution in [0.15, 0.2) is 46.9 Å². The molecule has 1 heterocycles. The summed E-state index contributed by atoms with van der Waals surface area (Å²) in [4.78, 5) is 0. The summed E-state index contributed by atoms with van der Waals surface area (Å²) in [7, 11) is 2.00. The first-order chi connectivity index (χ1) is 10.1. The fraction of sp³-hybridized carbons (Fsp3) is 0.263. The first-order valence-corrected chi connectivity index (χ1v) is 7.34. The van der Waals surface area contributed by atoms with Gasteiger partial charge < -0.3 is 9.73 Å². The number of hydrogen-bond acceptors (Lipinski definition) is 2. The number of nitrogens with one attached hydrogen (secondary N) is 1. The number of fused-ring (bicyclic) bond motifs is 1. The van der Waals surface area contributed by atoms with Gasteiger partial charge in [-0.1, -0.05) is 36.4 Å². The molecule has 1 aromatic heterocycles. The molecular weight excluding hydrogens is 258 g/mol. The number of aryl methyl sites for hydroxylation is 3. The van der Waals surface area contributed by atoms with Gasteiger partial charge in [-0.05, 0) is 55.8 Å². The van der Waals surface area contributed by atoms with Gasteiger partial charge in [-0.15, -0.1) is 0 Å². The Morgan fingerprint density at radius 2 is 1.62 bits per heavy atom. The Bertz CT molecular complexity index is 785. The van der Waals surface area contributed by atoms with Gasteiger partial charge >= 0.3 is 0 Å². The van der Waals surface area contributed by atoms with Crippen molar-refractivity contribution in [3.05, 3.63) is 70.7 Å². The minimum absolute atomic E-state index is 0.146. The fourth-order valence-corrected chi connectivity index (χ4v) is 3.14. The molecular formula is C19H21NO. The van der Waals surface area contributed by atoms with Gasteiger partial charge in [-0.3, -0.25) is 0 Å². The number of hydrogen-bond donors (Lipinski definition) is 1. The monoisotopic (exact) mass is 279 g/mol. The molecule has 3 aromatic rings. The standard InChI is InChI=1S/C19H21NO/c1-12-9-10-17(16-8-6-5-7-15(12)16)19(20-4)18-11-13(2)21-14(18)3/h5-11,19-20H,1-4H3. The third kappa shape index (κ3) is 2.36. The maximum Gasteiger partial charge on any atom is 0.106 e. The van der Waals surface area contributed by atoms with E-state index in [1.54, 1.807) is 0 Å². The Balaban J connectivity index is 2.22. The van der Waals surface area contributed by atoms with Crippen LogP contribution in [0.3, 0.4) is 0 Å². The molecule has 2 nitrogen and oxygen atoms in total. The molecule has 0 saturated carbocycles. The van der Waals surface area contributed by atoms with E-state index >= 15 is 0 Å². The second-order valence-corrected chi connectivity index (χ2v) is 5.61. The highest BCUT2D eigenvalue weighted by atomic mass is 16.3. The van der Waals surface area contributed by atoms with Crippen LogP contribution < -0.4 is 5.32 Å². The van der Waals surface area contributed by atoms with E-state index in [0.717, 1.165) is 11.5 Å². The third-order valence-electron chi connectivity index (χ3n) is 4.17. The molecule has 2 heteroatoms. The van der Waals surface area contributed by atoms with E-state index in [9.17, 15) is 0 Å². The van der Waals surface area contributed by atoms with E-state index in [0.29, 0.717) is 0 Å². The minimum atomic E-state index is 0.146. The maximum absolute atomic E-state index is 5.71. The van der Waals surface area contributed by atoms with Crippen LogP contribution in [0.2, 0.25) is 0 Å². The van der Waals surface area contributed by atoms with Crippen LogP contribution in [0.4, 0.5) is 0 Å². The predicted molar refractivity (Wildman–Crippen MR) is 87.8 cm³/mol. The molecule has 1 unspecified atom stereocenters. The van der Waals surface area contributed by atoms with E-state index in [1.807, 2.05) is 20.9 Å². The molecule has 3 rings (SSSR count). The van der Waals surface area contributed by atoms with Crippen molar-refractivity contribution >= 4 is 10.8 Å².